The molecule has 0 spiro atoms. The van der Waals surface area contributed by atoms with E-state index in [2.05, 4.69) is 40.4 Å². The van der Waals surface area contributed by atoms with E-state index in [4.69, 9.17) is 4.74 Å². The molecule has 0 unspecified atom stereocenters. The molecule has 1 aromatic heterocycles. The number of anilines is 1. The van der Waals surface area contributed by atoms with Gasteiger partial charge in [0.05, 0.1) is 0 Å². The highest BCUT2D eigenvalue weighted by atomic mass is 16.5. The summed E-state index contributed by atoms with van der Waals surface area (Å²) < 4.78 is 6.04. The first-order chi connectivity index (χ1) is 14.4. The minimum atomic E-state index is 0.561. The zero-order chi connectivity index (χ0) is 20.2. The van der Waals surface area contributed by atoms with Crippen LogP contribution in [-0.4, -0.2) is 16.5 Å². The van der Waals surface area contributed by atoms with Gasteiger partial charge in [-0.2, -0.15) is 0 Å². The highest BCUT2D eigenvalue weighted by Gasteiger charge is 2.05. The molecule has 0 fully saturated rings. The number of unbranched alkanes of at least 4 members (excludes halogenated alkanes) is 8. The third-order valence-corrected chi connectivity index (χ3v) is 5.19. The molecule has 0 amide bonds. The molecule has 0 bridgehead atoms. The summed E-state index contributed by atoms with van der Waals surface area (Å²) in [6.07, 6.45) is 13.6. The molecule has 0 saturated heterocycles. The van der Waals surface area contributed by atoms with Gasteiger partial charge in [-0.1, -0.05) is 94.7 Å². The molecule has 1 heterocycles. The topological polar surface area (TPSA) is 47.0 Å². The standard InChI is InChI=1S/C25H33N3O/c1-2-3-4-5-6-7-8-9-12-18-26-24-19-25(28-20-27-24)29-23-17-13-15-21-14-10-11-16-22(21)23/h10-11,13-17,19-20H,2-9,12,18H2,1H3,(H,26,27,28). The Morgan fingerprint density at radius 3 is 2.34 bits per heavy atom. The lowest BCUT2D eigenvalue weighted by Gasteiger charge is -2.10. The van der Waals surface area contributed by atoms with Crippen LogP contribution in [0.5, 0.6) is 11.6 Å². The number of nitrogens with zero attached hydrogens (tertiary/aromatic N) is 2. The van der Waals surface area contributed by atoms with Gasteiger partial charge < -0.3 is 10.1 Å². The highest BCUT2D eigenvalue weighted by Crippen LogP contribution is 2.29. The smallest absolute Gasteiger partial charge is 0.224 e. The number of hydrogen-bond donors (Lipinski definition) is 1. The van der Waals surface area contributed by atoms with Gasteiger partial charge >= 0.3 is 0 Å². The first kappa shape index (κ1) is 21.1. The number of fused-ring (bicyclic) bond motifs is 1. The van der Waals surface area contributed by atoms with Crippen molar-refractivity contribution in [3.8, 4) is 11.6 Å². The van der Waals surface area contributed by atoms with E-state index in [1.165, 1.54) is 57.8 Å². The number of nitrogens with one attached hydrogen (secondary N) is 1. The molecule has 0 radical (unpaired) electrons. The molecule has 29 heavy (non-hydrogen) atoms. The predicted molar refractivity (Wildman–Crippen MR) is 122 cm³/mol. The fourth-order valence-corrected chi connectivity index (χ4v) is 3.54. The molecule has 4 heteroatoms. The summed E-state index contributed by atoms with van der Waals surface area (Å²) in [6.45, 7) is 3.20. The molecule has 154 valence electrons. The SMILES string of the molecule is CCCCCCCCCCCNc1cc(Oc2cccc3ccccc23)ncn1. The highest BCUT2D eigenvalue weighted by molar-refractivity contribution is 5.88. The molecule has 4 nitrogen and oxygen atoms in total. The zero-order valence-corrected chi connectivity index (χ0v) is 17.6. The maximum Gasteiger partial charge on any atom is 0.224 e. The van der Waals surface area contributed by atoms with Crippen molar-refractivity contribution in [2.45, 2.75) is 64.7 Å². The predicted octanol–water partition coefficient (Wildman–Crippen LogP) is 7.36. The van der Waals surface area contributed by atoms with Crippen LogP contribution in [0.15, 0.2) is 54.9 Å². The Kier molecular flexibility index (Phi) is 8.77. The molecular weight excluding hydrogens is 358 g/mol. The number of benzene rings is 2. The van der Waals surface area contributed by atoms with Gasteiger partial charge in [0.25, 0.3) is 0 Å². The lowest BCUT2D eigenvalue weighted by atomic mass is 10.1. The molecule has 1 N–H and O–H groups in total. The van der Waals surface area contributed by atoms with E-state index in [1.54, 1.807) is 6.33 Å². The van der Waals surface area contributed by atoms with Crippen molar-refractivity contribution >= 4 is 16.6 Å². The normalized spacial score (nSPS) is 10.9. The molecule has 0 atom stereocenters. The van der Waals surface area contributed by atoms with Gasteiger partial charge in [0, 0.05) is 18.0 Å². The molecule has 0 aliphatic rings. The summed E-state index contributed by atoms with van der Waals surface area (Å²) in [5.41, 5.74) is 0. The number of aromatic nitrogens is 2. The minimum Gasteiger partial charge on any atom is -0.438 e. The second-order valence-corrected chi connectivity index (χ2v) is 7.58. The van der Waals surface area contributed by atoms with E-state index in [1.807, 2.05) is 30.3 Å². The van der Waals surface area contributed by atoms with Crippen LogP contribution < -0.4 is 10.1 Å². The Hall–Kier alpha value is -2.62. The molecule has 2 aromatic carbocycles. The van der Waals surface area contributed by atoms with Crippen LogP contribution in [-0.2, 0) is 0 Å². The van der Waals surface area contributed by atoms with Gasteiger partial charge in [0.1, 0.15) is 17.9 Å². The van der Waals surface area contributed by atoms with Gasteiger partial charge in [0.15, 0.2) is 0 Å². The average molecular weight is 392 g/mol. The maximum atomic E-state index is 6.04. The van der Waals surface area contributed by atoms with Gasteiger partial charge in [-0.15, -0.1) is 0 Å². The average Bonchev–Trinajstić information content (AvgIpc) is 2.76. The fraction of sp³-hybridized carbons (Fsp3) is 0.440. The largest absolute Gasteiger partial charge is 0.438 e. The van der Waals surface area contributed by atoms with Crippen molar-refractivity contribution in [1.82, 2.24) is 9.97 Å². The Balaban J connectivity index is 1.41. The molecule has 3 aromatic rings. The zero-order valence-electron chi connectivity index (χ0n) is 17.6. The summed E-state index contributed by atoms with van der Waals surface area (Å²) >= 11 is 0. The van der Waals surface area contributed by atoms with Crippen molar-refractivity contribution in [3.63, 3.8) is 0 Å². The van der Waals surface area contributed by atoms with Crippen molar-refractivity contribution in [3.05, 3.63) is 54.9 Å². The van der Waals surface area contributed by atoms with Crippen molar-refractivity contribution < 1.29 is 4.74 Å². The van der Waals surface area contributed by atoms with E-state index in [-0.39, 0.29) is 0 Å². The van der Waals surface area contributed by atoms with Gasteiger partial charge in [-0.05, 0) is 17.9 Å². The van der Waals surface area contributed by atoms with Gasteiger partial charge in [0.2, 0.25) is 5.88 Å². The first-order valence-corrected chi connectivity index (χ1v) is 11.1. The number of rotatable bonds is 13. The third-order valence-electron chi connectivity index (χ3n) is 5.19. The van der Waals surface area contributed by atoms with Crippen molar-refractivity contribution in [1.29, 1.82) is 0 Å². The van der Waals surface area contributed by atoms with Crippen LogP contribution in [0, 0.1) is 0 Å². The number of ether oxygens (including phenoxy) is 1. The van der Waals surface area contributed by atoms with Gasteiger partial charge in [-0.25, -0.2) is 9.97 Å². The van der Waals surface area contributed by atoms with Crippen LogP contribution >= 0.6 is 0 Å². The lowest BCUT2D eigenvalue weighted by Crippen LogP contribution is -2.04. The fourth-order valence-electron chi connectivity index (χ4n) is 3.54. The summed E-state index contributed by atoms with van der Waals surface area (Å²) in [7, 11) is 0. The van der Waals surface area contributed by atoms with Crippen molar-refractivity contribution in [2.75, 3.05) is 11.9 Å². The van der Waals surface area contributed by atoms with Gasteiger partial charge in [-0.3, -0.25) is 0 Å². The van der Waals surface area contributed by atoms with E-state index in [0.29, 0.717) is 5.88 Å². The molecule has 0 aliphatic heterocycles. The second kappa shape index (κ2) is 12.1. The summed E-state index contributed by atoms with van der Waals surface area (Å²) in [4.78, 5) is 8.58. The van der Waals surface area contributed by atoms with E-state index in [9.17, 15) is 0 Å². The number of hydrogen-bond acceptors (Lipinski definition) is 4. The van der Waals surface area contributed by atoms with Crippen LogP contribution in [0.1, 0.15) is 64.7 Å². The second-order valence-electron chi connectivity index (χ2n) is 7.58. The molecule has 0 aliphatic carbocycles. The minimum absolute atomic E-state index is 0.561. The lowest BCUT2D eigenvalue weighted by molar-refractivity contribution is 0.467. The molecule has 3 rings (SSSR count). The molecule has 0 saturated carbocycles. The Labute approximate surface area is 174 Å². The molecular formula is C25H33N3O. The van der Waals surface area contributed by atoms with E-state index < -0.39 is 0 Å². The summed E-state index contributed by atoms with van der Waals surface area (Å²) in [6, 6.07) is 16.1. The Morgan fingerprint density at radius 1 is 0.793 bits per heavy atom. The van der Waals surface area contributed by atoms with Crippen LogP contribution in [0.3, 0.4) is 0 Å². The van der Waals surface area contributed by atoms with Crippen molar-refractivity contribution in [2.24, 2.45) is 0 Å². The first-order valence-electron chi connectivity index (χ1n) is 11.1. The summed E-state index contributed by atoms with van der Waals surface area (Å²) in [5, 5.41) is 5.63. The summed E-state index contributed by atoms with van der Waals surface area (Å²) in [5.74, 6) is 2.19. The van der Waals surface area contributed by atoms with Crippen LogP contribution in [0.4, 0.5) is 5.82 Å². The van der Waals surface area contributed by atoms with E-state index >= 15 is 0 Å². The maximum absolute atomic E-state index is 6.04. The Morgan fingerprint density at radius 2 is 1.52 bits per heavy atom. The monoisotopic (exact) mass is 391 g/mol. The third kappa shape index (κ3) is 7.04. The van der Waals surface area contributed by atoms with E-state index in [0.717, 1.165) is 28.9 Å². The van der Waals surface area contributed by atoms with Crippen LogP contribution in [0.25, 0.3) is 10.8 Å². The van der Waals surface area contributed by atoms with Crippen LogP contribution in [0.2, 0.25) is 0 Å². The Bertz CT molecular complexity index is 860. The quantitative estimate of drug-likeness (QED) is 0.309.